The van der Waals surface area contributed by atoms with Crippen molar-refractivity contribution in [1.29, 1.82) is 0 Å². The van der Waals surface area contributed by atoms with Crippen LogP contribution in [0.3, 0.4) is 0 Å². The van der Waals surface area contributed by atoms with Crippen LogP contribution in [0.4, 0.5) is 10.1 Å². The van der Waals surface area contributed by atoms with Crippen molar-refractivity contribution >= 4 is 17.5 Å². The van der Waals surface area contributed by atoms with Crippen molar-refractivity contribution in [3.8, 4) is 5.82 Å². The zero-order chi connectivity index (χ0) is 20.2. The second-order valence-corrected chi connectivity index (χ2v) is 6.96. The van der Waals surface area contributed by atoms with E-state index in [1.54, 1.807) is 46.5 Å². The number of carbonyl (C=O) groups excluding carboxylic acids is 2. The van der Waals surface area contributed by atoms with Crippen molar-refractivity contribution in [2.75, 3.05) is 18.4 Å². The quantitative estimate of drug-likeness (QED) is 0.739. The number of nitrogens with one attached hydrogen (secondary N) is 1. The first kappa shape index (κ1) is 18.8. The molecule has 0 saturated carbocycles. The number of carbonyl (C=O) groups is 2. The Morgan fingerprint density at radius 2 is 1.97 bits per heavy atom. The van der Waals surface area contributed by atoms with Gasteiger partial charge in [0.2, 0.25) is 5.91 Å². The lowest BCUT2D eigenvalue weighted by Crippen LogP contribution is -2.43. The summed E-state index contributed by atoms with van der Waals surface area (Å²) in [6.45, 7) is 0.920. The van der Waals surface area contributed by atoms with Crippen LogP contribution in [-0.2, 0) is 4.79 Å². The number of aromatic nitrogens is 3. The third-order valence-electron chi connectivity index (χ3n) is 4.95. The van der Waals surface area contributed by atoms with Gasteiger partial charge in [-0.3, -0.25) is 14.2 Å². The summed E-state index contributed by atoms with van der Waals surface area (Å²) in [4.78, 5) is 35.3. The molecule has 4 rings (SSSR count). The average molecular weight is 393 g/mol. The van der Waals surface area contributed by atoms with E-state index < -0.39 is 0 Å². The molecule has 1 saturated heterocycles. The molecule has 1 N–H and O–H groups in total. The Bertz CT molecular complexity index is 987. The highest BCUT2D eigenvalue weighted by atomic mass is 19.1. The summed E-state index contributed by atoms with van der Waals surface area (Å²) in [6.07, 6.45) is 8.14. The molecular formula is C21H20FN5O2. The number of rotatable bonds is 4. The number of likely N-dealkylation sites (tertiary alicyclic amines) is 1. The molecule has 1 unspecified atom stereocenters. The molecule has 1 aliphatic heterocycles. The lowest BCUT2D eigenvalue weighted by Gasteiger charge is -2.32. The molecule has 0 bridgehead atoms. The summed E-state index contributed by atoms with van der Waals surface area (Å²) in [5.74, 6) is -0.312. The highest BCUT2D eigenvalue weighted by Gasteiger charge is 2.29. The van der Waals surface area contributed by atoms with E-state index >= 15 is 0 Å². The van der Waals surface area contributed by atoms with Crippen LogP contribution in [0.15, 0.2) is 61.3 Å². The Balaban J connectivity index is 1.38. The van der Waals surface area contributed by atoms with Crippen LogP contribution in [0.25, 0.3) is 5.82 Å². The van der Waals surface area contributed by atoms with Crippen molar-refractivity contribution in [1.82, 2.24) is 19.4 Å². The molecule has 7 nitrogen and oxygen atoms in total. The maximum Gasteiger partial charge on any atom is 0.253 e. The van der Waals surface area contributed by atoms with Gasteiger partial charge >= 0.3 is 0 Å². The maximum atomic E-state index is 13.1. The summed E-state index contributed by atoms with van der Waals surface area (Å²) in [5, 5.41) is 2.88. The van der Waals surface area contributed by atoms with Gasteiger partial charge in [-0.1, -0.05) is 0 Å². The Morgan fingerprint density at radius 3 is 2.66 bits per heavy atom. The number of anilines is 1. The number of piperidine rings is 1. The highest BCUT2D eigenvalue weighted by molar-refractivity contribution is 5.96. The van der Waals surface area contributed by atoms with Gasteiger partial charge in [0.05, 0.1) is 17.8 Å². The van der Waals surface area contributed by atoms with Gasteiger partial charge < -0.3 is 10.2 Å². The fourth-order valence-electron chi connectivity index (χ4n) is 3.40. The molecule has 3 aromatic rings. The summed E-state index contributed by atoms with van der Waals surface area (Å²) < 4.78 is 14.9. The fraction of sp³-hybridized carbons (Fsp3) is 0.238. The Hall–Kier alpha value is -3.55. The second kappa shape index (κ2) is 8.22. The predicted molar refractivity (Wildman–Crippen MR) is 105 cm³/mol. The van der Waals surface area contributed by atoms with Crippen LogP contribution < -0.4 is 5.32 Å². The highest BCUT2D eigenvalue weighted by Crippen LogP contribution is 2.21. The van der Waals surface area contributed by atoms with Gasteiger partial charge in [0.1, 0.15) is 18.0 Å². The summed E-state index contributed by atoms with van der Waals surface area (Å²) in [5.41, 5.74) is 1.02. The Morgan fingerprint density at radius 1 is 1.14 bits per heavy atom. The number of hydrogen-bond acceptors (Lipinski definition) is 4. The van der Waals surface area contributed by atoms with Gasteiger partial charge in [-0.25, -0.2) is 14.4 Å². The third-order valence-corrected chi connectivity index (χ3v) is 4.95. The second-order valence-electron chi connectivity index (χ2n) is 6.96. The molecule has 1 fully saturated rings. The first-order chi connectivity index (χ1) is 14.1. The molecule has 0 aliphatic carbocycles. The number of pyridine rings is 1. The molecular weight excluding hydrogens is 373 g/mol. The number of hydrogen-bond donors (Lipinski definition) is 1. The van der Waals surface area contributed by atoms with E-state index in [1.165, 1.54) is 24.3 Å². The number of nitrogens with zero attached hydrogens (tertiary/aromatic N) is 4. The Kier molecular flexibility index (Phi) is 5.33. The minimum atomic E-state index is -0.384. The monoisotopic (exact) mass is 393 g/mol. The largest absolute Gasteiger partial charge is 0.338 e. The standard InChI is InChI=1S/C21H20FN5O2/c22-17-5-3-15(4-6-17)21(29)26-10-1-2-16(13-26)20(28)25-18-7-8-19(24-12-18)27-11-9-23-14-27/h3-9,11-12,14,16H,1-2,10,13H2,(H,25,28). The molecule has 29 heavy (non-hydrogen) atoms. The van der Waals surface area contributed by atoms with Crippen molar-refractivity contribution in [3.05, 3.63) is 72.7 Å². The maximum absolute atomic E-state index is 13.1. The van der Waals surface area contributed by atoms with Crippen LogP contribution in [0.5, 0.6) is 0 Å². The summed E-state index contributed by atoms with van der Waals surface area (Å²) in [7, 11) is 0. The zero-order valence-corrected chi connectivity index (χ0v) is 15.7. The van der Waals surface area contributed by atoms with Crippen LogP contribution in [0.2, 0.25) is 0 Å². The topological polar surface area (TPSA) is 80.1 Å². The minimum absolute atomic E-state index is 0.140. The zero-order valence-electron chi connectivity index (χ0n) is 15.7. The van der Waals surface area contributed by atoms with Crippen molar-refractivity contribution < 1.29 is 14.0 Å². The van der Waals surface area contributed by atoms with Gasteiger partial charge in [0.25, 0.3) is 5.91 Å². The van der Waals surface area contributed by atoms with Crippen molar-refractivity contribution in [2.24, 2.45) is 5.92 Å². The number of halogens is 1. The molecule has 1 aliphatic rings. The van der Waals surface area contributed by atoms with Crippen molar-refractivity contribution in [3.63, 3.8) is 0 Å². The van der Waals surface area contributed by atoms with E-state index in [9.17, 15) is 14.0 Å². The van der Waals surface area contributed by atoms with Crippen LogP contribution in [-0.4, -0.2) is 44.3 Å². The third kappa shape index (κ3) is 4.31. The van der Waals surface area contributed by atoms with E-state index in [0.717, 1.165) is 6.42 Å². The normalized spacial score (nSPS) is 16.4. The predicted octanol–water partition coefficient (Wildman–Crippen LogP) is 2.90. The van der Waals surface area contributed by atoms with E-state index in [-0.39, 0.29) is 23.5 Å². The van der Waals surface area contributed by atoms with E-state index in [0.29, 0.717) is 36.6 Å². The molecule has 2 amide bonds. The average Bonchev–Trinajstić information content (AvgIpc) is 3.29. The summed E-state index contributed by atoms with van der Waals surface area (Å²) >= 11 is 0. The molecule has 1 atom stereocenters. The van der Waals surface area contributed by atoms with E-state index in [4.69, 9.17) is 0 Å². The molecule has 8 heteroatoms. The smallest absolute Gasteiger partial charge is 0.253 e. The van der Waals surface area contributed by atoms with Gasteiger partial charge in [-0.05, 0) is 49.2 Å². The molecule has 3 heterocycles. The molecule has 0 radical (unpaired) electrons. The molecule has 1 aromatic carbocycles. The lowest BCUT2D eigenvalue weighted by molar-refractivity contribution is -0.121. The fourth-order valence-corrected chi connectivity index (χ4v) is 3.40. The van der Waals surface area contributed by atoms with Gasteiger partial charge in [-0.15, -0.1) is 0 Å². The van der Waals surface area contributed by atoms with Gasteiger partial charge in [-0.2, -0.15) is 0 Å². The first-order valence-electron chi connectivity index (χ1n) is 9.40. The molecule has 2 aromatic heterocycles. The SMILES string of the molecule is O=C(Nc1ccc(-n2ccnc2)nc1)C1CCCN(C(=O)c2ccc(F)cc2)C1. The van der Waals surface area contributed by atoms with Crippen molar-refractivity contribution in [2.45, 2.75) is 12.8 Å². The van der Waals surface area contributed by atoms with Crippen LogP contribution in [0.1, 0.15) is 23.2 Å². The van der Waals surface area contributed by atoms with Gasteiger partial charge in [0, 0.05) is 31.0 Å². The van der Waals surface area contributed by atoms with Crippen LogP contribution in [0, 0.1) is 11.7 Å². The molecule has 148 valence electrons. The Labute approximate surface area is 167 Å². The lowest BCUT2D eigenvalue weighted by atomic mass is 9.96. The number of benzene rings is 1. The van der Waals surface area contributed by atoms with Gasteiger partial charge in [0.15, 0.2) is 0 Å². The van der Waals surface area contributed by atoms with E-state index in [2.05, 4.69) is 15.3 Å². The number of amides is 2. The van der Waals surface area contributed by atoms with E-state index in [1.807, 2.05) is 0 Å². The summed E-state index contributed by atoms with van der Waals surface area (Å²) in [6, 6.07) is 9.04. The molecule has 0 spiro atoms. The number of imidazole rings is 1. The first-order valence-corrected chi connectivity index (χ1v) is 9.40. The minimum Gasteiger partial charge on any atom is -0.338 e. The van der Waals surface area contributed by atoms with Crippen LogP contribution >= 0.6 is 0 Å².